The van der Waals surface area contributed by atoms with Crippen LogP contribution in [0.5, 0.6) is 5.75 Å². The van der Waals surface area contributed by atoms with E-state index in [0.717, 1.165) is 0 Å². The third-order valence-electron chi connectivity index (χ3n) is 1.84. The van der Waals surface area contributed by atoms with Gasteiger partial charge in [-0.15, -0.1) is 13.2 Å². The lowest BCUT2D eigenvalue weighted by atomic mass is 10.2. The molecule has 0 atom stereocenters. The van der Waals surface area contributed by atoms with Crippen molar-refractivity contribution < 1.29 is 22.8 Å². The van der Waals surface area contributed by atoms with Crippen molar-refractivity contribution in [3.05, 3.63) is 27.6 Å². The molecule has 0 amide bonds. The van der Waals surface area contributed by atoms with Gasteiger partial charge in [-0.3, -0.25) is 10.1 Å². The standard InChI is InChI=1S/C8H8F3N3O3/c1-4-6(14(15)16)2-7(5(3-12)13-4)17-8(9,10)11/h2H,3,12H2,1H3. The molecule has 0 aromatic carbocycles. The maximum atomic E-state index is 12.0. The highest BCUT2D eigenvalue weighted by molar-refractivity contribution is 5.44. The Kier molecular flexibility index (Phi) is 3.51. The molecular weight excluding hydrogens is 243 g/mol. The Balaban J connectivity index is 3.26. The molecular formula is C8H8F3N3O3. The van der Waals surface area contributed by atoms with Crippen LogP contribution in [-0.4, -0.2) is 16.3 Å². The van der Waals surface area contributed by atoms with Gasteiger partial charge >= 0.3 is 6.36 Å². The molecule has 1 rings (SSSR count). The van der Waals surface area contributed by atoms with Gasteiger partial charge in [-0.2, -0.15) is 0 Å². The predicted octanol–water partition coefficient (Wildman–Crippen LogP) is 1.66. The lowest BCUT2D eigenvalue weighted by Gasteiger charge is -2.12. The van der Waals surface area contributed by atoms with Crippen LogP contribution in [0.3, 0.4) is 0 Å². The Bertz CT molecular complexity index is 448. The SMILES string of the molecule is Cc1nc(CN)c(OC(F)(F)F)cc1[N+](=O)[O-]. The summed E-state index contributed by atoms with van der Waals surface area (Å²) in [6.07, 6.45) is -4.95. The van der Waals surface area contributed by atoms with E-state index in [9.17, 15) is 23.3 Å². The first-order valence-corrected chi connectivity index (χ1v) is 4.35. The van der Waals surface area contributed by atoms with E-state index in [0.29, 0.717) is 6.07 Å². The van der Waals surface area contributed by atoms with Crippen LogP contribution in [0.1, 0.15) is 11.4 Å². The van der Waals surface area contributed by atoms with E-state index in [1.54, 1.807) is 0 Å². The third-order valence-corrected chi connectivity index (χ3v) is 1.84. The molecule has 0 saturated carbocycles. The molecule has 0 aliphatic carbocycles. The molecule has 1 aromatic heterocycles. The van der Waals surface area contributed by atoms with Crippen molar-refractivity contribution in [3.8, 4) is 5.75 Å². The average molecular weight is 251 g/mol. The number of aryl methyl sites for hydroxylation is 1. The summed E-state index contributed by atoms with van der Waals surface area (Å²) in [6, 6.07) is 0.665. The molecule has 0 aliphatic heterocycles. The van der Waals surface area contributed by atoms with Gasteiger partial charge in [0.25, 0.3) is 5.69 Å². The fourth-order valence-corrected chi connectivity index (χ4v) is 1.17. The number of pyridine rings is 1. The highest BCUT2D eigenvalue weighted by Gasteiger charge is 2.33. The second kappa shape index (κ2) is 4.53. The first kappa shape index (κ1) is 13.2. The zero-order valence-electron chi connectivity index (χ0n) is 8.61. The van der Waals surface area contributed by atoms with Gasteiger partial charge < -0.3 is 10.5 Å². The van der Waals surface area contributed by atoms with E-state index in [4.69, 9.17) is 5.73 Å². The summed E-state index contributed by atoms with van der Waals surface area (Å²) in [5, 5.41) is 10.5. The number of aromatic nitrogens is 1. The molecule has 9 heteroatoms. The molecule has 0 fully saturated rings. The summed E-state index contributed by atoms with van der Waals surface area (Å²) in [6.45, 7) is 0.985. The molecule has 0 spiro atoms. The van der Waals surface area contributed by atoms with Gasteiger partial charge in [0.1, 0.15) is 5.69 Å². The van der Waals surface area contributed by atoms with Crippen LogP contribution in [0, 0.1) is 17.0 Å². The van der Waals surface area contributed by atoms with Gasteiger partial charge in [0.2, 0.25) is 0 Å². The highest BCUT2D eigenvalue weighted by atomic mass is 19.4. The number of hydrogen-bond acceptors (Lipinski definition) is 5. The van der Waals surface area contributed by atoms with Crippen molar-refractivity contribution in [2.24, 2.45) is 5.73 Å². The second-order valence-electron chi connectivity index (χ2n) is 3.05. The zero-order chi connectivity index (χ0) is 13.2. The number of nitro groups is 1. The zero-order valence-corrected chi connectivity index (χ0v) is 8.61. The Morgan fingerprint density at radius 1 is 1.59 bits per heavy atom. The monoisotopic (exact) mass is 251 g/mol. The highest BCUT2D eigenvalue weighted by Crippen LogP contribution is 2.30. The largest absolute Gasteiger partial charge is 0.573 e. The number of alkyl halides is 3. The van der Waals surface area contributed by atoms with Crippen molar-refractivity contribution in [2.45, 2.75) is 19.8 Å². The van der Waals surface area contributed by atoms with Crippen molar-refractivity contribution in [1.29, 1.82) is 0 Å². The van der Waals surface area contributed by atoms with E-state index in [1.165, 1.54) is 6.92 Å². The minimum absolute atomic E-state index is 0.0232. The summed E-state index contributed by atoms with van der Waals surface area (Å²) in [5.74, 6) is -0.752. The molecule has 1 heterocycles. The first-order chi connectivity index (χ1) is 7.74. The van der Waals surface area contributed by atoms with Crippen LogP contribution in [0.15, 0.2) is 6.07 Å². The number of nitrogens with two attached hydrogens (primary N) is 1. The van der Waals surface area contributed by atoms with E-state index >= 15 is 0 Å². The molecule has 2 N–H and O–H groups in total. The van der Waals surface area contributed by atoms with Crippen LogP contribution in [0.2, 0.25) is 0 Å². The van der Waals surface area contributed by atoms with Crippen LogP contribution < -0.4 is 10.5 Å². The molecule has 0 saturated heterocycles. The van der Waals surface area contributed by atoms with E-state index in [-0.39, 0.29) is 17.9 Å². The van der Waals surface area contributed by atoms with Gasteiger partial charge in [0.15, 0.2) is 5.75 Å². The second-order valence-corrected chi connectivity index (χ2v) is 3.05. The maximum absolute atomic E-state index is 12.0. The van der Waals surface area contributed by atoms with Crippen molar-refractivity contribution in [2.75, 3.05) is 0 Å². The molecule has 0 unspecified atom stereocenters. The fraction of sp³-hybridized carbons (Fsp3) is 0.375. The number of ether oxygens (including phenoxy) is 1. The first-order valence-electron chi connectivity index (χ1n) is 4.35. The summed E-state index contributed by atoms with van der Waals surface area (Å²) in [4.78, 5) is 13.3. The predicted molar refractivity (Wildman–Crippen MR) is 50.2 cm³/mol. The van der Waals surface area contributed by atoms with Crippen LogP contribution >= 0.6 is 0 Å². The van der Waals surface area contributed by atoms with Crippen LogP contribution in [-0.2, 0) is 6.54 Å². The molecule has 94 valence electrons. The number of hydrogen-bond donors (Lipinski definition) is 1. The Hall–Kier alpha value is -1.90. The lowest BCUT2D eigenvalue weighted by molar-refractivity contribution is -0.386. The van der Waals surface area contributed by atoms with E-state index in [2.05, 4.69) is 9.72 Å². The summed E-state index contributed by atoms with van der Waals surface area (Å²) < 4.78 is 39.7. The quantitative estimate of drug-likeness (QED) is 0.651. The summed E-state index contributed by atoms with van der Waals surface area (Å²) in [7, 11) is 0. The molecule has 0 aliphatic rings. The van der Waals surface area contributed by atoms with E-state index in [1.807, 2.05) is 0 Å². The molecule has 0 radical (unpaired) electrons. The number of nitrogens with zero attached hydrogens (tertiary/aromatic N) is 2. The van der Waals surface area contributed by atoms with Crippen LogP contribution in [0.4, 0.5) is 18.9 Å². The average Bonchev–Trinajstić information content (AvgIpc) is 2.17. The summed E-state index contributed by atoms with van der Waals surface area (Å²) in [5.41, 5.74) is 4.42. The van der Waals surface area contributed by atoms with Crippen molar-refractivity contribution in [1.82, 2.24) is 4.98 Å². The topological polar surface area (TPSA) is 91.3 Å². The fourth-order valence-electron chi connectivity index (χ4n) is 1.17. The third kappa shape index (κ3) is 3.28. The van der Waals surface area contributed by atoms with E-state index < -0.39 is 22.7 Å². The smallest absolute Gasteiger partial charge is 0.404 e. The molecule has 6 nitrogen and oxygen atoms in total. The summed E-state index contributed by atoms with van der Waals surface area (Å²) >= 11 is 0. The Morgan fingerprint density at radius 3 is 2.59 bits per heavy atom. The molecule has 1 aromatic rings. The van der Waals surface area contributed by atoms with Gasteiger partial charge in [-0.05, 0) is 6.92 Å². The molecule has 17 heavy (non-hydrogen) atoms. The van der Waals surface area contributed by atoms with Crippen LogP contribution in [0.25, 0.3) is 0 Å². The normalized spacial score (nSPS) is 11.4. The van der Waals surface area contributed by atoms with Gasteiger partial charge in [-0.1, -0.05) is 0 Å². The number of rotatable bonds is 3. The lowest BCUT2D eigenvalue weighted by Crippen LogP contribution is -2.19. The van der Waals surface area contributed by atoms with Crippen molar-refractivity contribution in [3.63, 3.8) is 0 Å². The minimum atomic E-state index is -4.95. The minimum Gasteiger partial charge on any atom is -0.404 e. The number of halogens is 3. The molecule has 0 bridgehead atoms. The Labute approximate surface area is 93.3 Å². The van der Waals surface area contributed by atoms with Crippen molar-refractivity contribution >= 4 is 5.69 Å². The van der Waals surface area contributed by atoms with Gasteiger partial charge in [0, 0.05) is 6.54 Å². The Morgan fingerprint density at radius 2 is 2.18 bits per heavy atom. The van der Waals surface area contributed by atoms with Gasteiger partial charge in [-0.25, -0.2) is 4.98 Å². The maximum Gasteiger partial charge on any atom is 0.573 e. The van der Waals surface area contributed by atoms with Gasteiger partial charge in [0.05, 0.1) is 16.7 Å².